The van der Waals surface area contributed by atoms with Crippen LogP contribution in [0.4, 0.5) is 0 Å². The highest BCUT2D eigenvalue weighted by atomic mass is 16.5. The van der Waals surface area contributed by atoms with Crippen molar-refractivity contribution in [1.82, 2.24) is 14.9 Å². The minimum Gasteiger partial charge on any atom is -0.366 e. The first-order valence-corrected chi connectivity index (χ1v) is 6.97. The summed E-state index contributed by atoms with van der Waals surface area (Å²) in [6, 6.07) is 0.0211. The first-order valence-electron chi connectivity index (χ1n) is 6.97. The quantitative estimate of drug-likeness (QED) is 0.900. The number of ether oxygens (including phenoxy) is 1. The Morgan fingerprint density at radius 1 is 1.30 bits per heavy atom. The molecule has 1 atom stereocenters. The van der Waals surface area contributed by atoms with Crippen molar-refractivity contribution in [3.8, 4) is 0 Å². The Labute approximate surface area is 121 Å². The number of imidazole rings is 1. The number of rotatable bonds is 5. The fourth-order valence-corrected chi connectivity index (χ4v) is 1.66. The van der Waals surface area contributed by atoms with E-state index >= 15 is 0 Å². The van der Waals surface area contributed by atoms with E-state index in [0.29, 0.717) is 6.54 Å². The minimum atomic E-state index is -0.307. The molecule has 1 aromatic rings. The van der Waals surface area contributed by atoms with Gasteiger partial charge in [-0.25, -0.2) is 4.98 Å². The maximum Gasteiger partial charge on any atom is 0.246 e. The summed E-state index contributed by atoms with van der Waals surface area (Å²) in [4.78, 5) is 16.0. The summed E-state index contributed by atoms with van der Waals surface area (Å²) in [5.41, 5.74) is -0.347. The molecule has 0 aliphatic carbocycles. The van der Waals surface area contributed by atoms with Crippen molar-refractivity contribution in [3.05, 3.63) is 18.7 Å². The van der Waals surface area contributed by atoms with Crippen molar-refractivity contribution in [2.75, 3.05) is 6.61 Å². The van der Waals surface area contributed by atoms with E-state index in [1.807, 2.05) is 31.5 Å². The number of carbonyl (C=O) groups is 1. The Morgan fingerprint density at radius 2 is 1.95 bits per heavy atom. The summed E-state index contributed by atoms with van der Waals surface area (Å²) in [7, 11) is 0. The van der Waals surface area contributed by atoms with Crippen LogP contribution < -0.4 is 5.32 Å². The molecule has 1 aromatic heterocycles. The Balaban J connectivity index is 2.59. The summed E-state index contributed by atoms with van der Waals surface area (Å²) in [5.74, 6) is -0.0834. The number of nitrogens with zero attached hydrogens (tertiary/aromatic N) is 2. The lowest BCUT2D eigenvalue weighted by Gasteiger charge is -2.32. The van der Waals surface area contributed by atoms with Crippen molar-refractivity contribution in [1.29, 1.82) is 0 Å². The summed E-state index contributed by atoms with van der Waals surface area (Å²) in [6.45, 7) is 12.9. The van der Waals surface area contributed by atoms with E-state index in [1.165, 1.54) is 0 Å². The van der Waals surface area contributed by atoms with Gasteiger partial charge in [-0.1, -0.05) is 20.8 Å². The molecule has 20 heavy (non-hydrogen) atoms. The Kier molecular flexibility index (Phi) is 5.34. The lowest BCUT2D eigenvalue weighted by atomic mass is 9.86. The summed E-state index contributed by atoms with van der Waals surface area (Å²) < 4.78 is 7.48. The number of hydrogen-bond donors (Lipinski definition) is 1. The summed E-state index contributed by atoms with van der Waals surface area (Å²) in [5, 5.41) is 3.06. The van der Waals surface area contributed by atoms with Gasteiger partial charge in [0.2, 0.25) is 5.91 Å². The van der Waals surface area contributed by atoms with Gasteiger partial charge in [0.05, 0.1) is 18.0 Å². The third-order valence-corrected chi connectivity index (χ3v) is 2.97. The SMILES string of the molecule is CC(C)(C)OCC(=O)NC(Cn1ccnc1)C(C)(C)C. The van der Waals surface area contributed by atoms with Gasteiger partial charge in [0, 0.05) is 18.9 Å². The number of amides is 1. The number of hydrogen-bond acceptors (Lipinski definition) is 3. The predicted octanol–water partition coefficient (Wildman–Crippen LogP) is 2.23. The van der Waals surface area contributed by atoms with Crippen LogP contribution in [-0.2, 0) is 16.1 Å². The molecule has 0 aliphatic heterocycles. The molecular formula is C15H27N3O2. The number of nitrogens with one attached hydrogen (secondary N) is 1. The third-order valence-electron chi connectivity index (χ3n) is 2.97. The van der Waals surface area contributed by atoms with Gasteiger partial charge in [-0.15, -0.1) is 0 Å². The molecule has 5 heteroatoms. The molecule has 114 valence electrons. The molecule has 1 heterocycles. The van der Waals surface area contributed by atoms with Gasteiger partial charge in [0.15, 0.2) is 0 Å². The van der Waals surface area contributed by atoms with Gasteiger partial charge in [-0.05, 0) is 26.2 Å². The predicted molar refractivity (Wildman–Crippen MR) is 79.3 cm³/mol. The maximum absolute atomic E-state index is 12.0. The van der Waals surface area contributed by atoms with Crippen LogP contribution in [0, 0.1) is 5.41 Å². The van der Waals surface area contributed by atoms with Crippen LogP contribution in [0.2, 0.25) is 0 Å². The standard InChI is InChI=1S/C15H27N3O2/c1-14(2,3)12(9-18-8-7-16-11-18)17-13(19)10-20-15(4,5)6/h7-8,11-12H,9-10H2,1-6H3,(H,17,19). The fraction of sp³-hybridized carbons (Fsp3) is 0.733. The Morgan fingerprint density at radius 3 is 2.40 bits per heavy atom. The van der Waals surface area contributed by atoms with E-state index in [-0.39, 0.29) is 29.6 Å². The normalized spacial score (nSPS) is 14.1. The largest absolute Gasteiger partial charge is 0.366 e. The molecule has 0 saturated heterocycles. The van der Waals surface area contributed by atoms with E-state index in [1.54, 1.807) is 12.5 Å². The van der Waals surface area contributed by atoms with Gasteiger partial charge >= 0.3 is 0 Å². The van der Waals surface area contributed by atoms with Crippen LogP contribution in [0.1, 0.15) is 41.5 Å². The molecule has 0 aliphatic rings. The molecule has 5 nitrogen and oxygen atoms in total. The van der Waals surface area contributed by atoms with Gasteiger partial charge in [-0.3, -0.25) is 4.79 Å². The zero-order chi connectivity index (χ0) is 15.4. The lowest BCUT2D eigenvalue weighted by molar-refractivity contribution is -0.132. The first-order chi connectivity index (χ1) is 9.08. The maximum atomic E-state index is 12.0. The van der Waals surface area contributed by atoms with E-state index in [9.17, 15) is 4.79 Å². The second-order valence-corrected chi connectivity index (χ2v) is 7.15. The summed E-state index contributed by atoms with van der Waals surface area (Å²) in [6.07, 6.45) is 5.40. The average molecular weight is 281 g/mol. The van der Waals surface area contributed by atoms with Crippen molar-refractivity contribution >= 4 is 5.91 Å². The van der Waals surface area contributed by atoms with Crippen LogP contribution in [0.5, 0.6) is 0 Å². The molecule has 0 saturated carbocycles. The van der Waals surface area contributed by atoms with Crippen LogP contribution >= 0.6 is 0 Å². The zero-order valence-electron chi connectivity index (χ0n) is 13.4. The molecule has 0 fully saturated rings. The molecule has 1 N–H and O–H groups in total. The van der Waals surface area contributed by atoms with E-state index in [4.69, 9.17) is 4.74 Å². The monoisotopic (exact) mass is 281 g/mol. The van der Waals surface area contributed by atoms with E-state index < -0.39 is 0 Å². The molecular weight excluding hydrogens is 254 g/mol. The first kappa shape index (κ1) is 16.7. The second kappa shape index (κ2) is 6.39. The van der Waals surface area contributed by atoms with Crippen LogP contribution in [0.3, 0.4) is 0 Å². The number of carbonyl (C=O) groups excluding carboxylic acids is 1. The lowest BCUT2D eigenvalue weighted by Crippen LogP contribution is -2.48. The average Bonchev–Trinajstić information content (AvgIpc) is 2.76. The second-order valence-electron chi connectivity index (χ2n) is 7.15. The van der Waals surface area contributed by atoms with Crippen molar-refractivity contribution in [3.63, 3.8) is 0 Å². The zero-order valence-corrected chi connectivity index (χ0v) is 13.4. The molecule has 1 rings (SSSR count). The van der Waals surface area contributed by atoms with Crippen molar-refractivity contribution < 1.29 is 9.53 Å². The number of aromatic nitrogens is 2. The highest BCUT2D eigenvalue weighted by Crippen LogP contribution is 2.20. The van der Waals surface area contributed by atoms with Gasteiger partial charge < -0.3 is 14.6 Å². The molecule has 0 aromatic carbocycles. The summed E-state index contributed by atoms with van der Waals surface area (Å²) >= 11 is 0. The van der Waals surface area contributed by atoms with Crippen LogP contribution in [-0.4, -0.2) is 33.7 Å². The molecule has 0 radical (unpaired) electrons. The van der Waals surface area contributed by atoms with Crippen LogP contribution in [0.15, 0.2) is 18.7 Å². The highest BCUT2D eigenvalue weighted by molar-refractivity contribution is 5.77. The van der Waals surface area contributed by atoms with Crippen LogP contribution in [0.25, 0.3) is 0 Å². The Bertz CT molecular complexity index is 413. The third kappa shape index (κ3) is 6.19. The molecule has 0 bridgehead atoms. The van der Waals surface area contributed by atoms with E-state index in [0.717, 1.165) is 0 Å². The van der Waals surface area contributed by atoms with Gasteiger partial charge in [0.1, 0.15) is 6.61 Å². The van der Waals surface area contributed by atoms with Gasteiger partial charge in [-0.2, -0.15) is 0 Å². The fourth-order valence-electron chi connectivity index (χ4n) is 1.66. The molecule has 1 unspecified atom stereocenters. The minimum absolute atomic E-state index is 0.0211. The smallest absolute Gasteiger partial charge is 0.246 e. The Hall–Kier alpha value is -1.36. The van der Waals surface area contributed by atoms with E-state index in [2.05, 4.69) is 31.1 Å². The topological polar surface area (TPSA) is 56.1 Å². The highest BCUT2D eigenvalue weighted by Gasteiger charge is 2.27. The molecule has 1 amide bonds. The van der Waals surface area contributed by atoms with Gasteiger partial charge in [0.25, 0.3) is 0 Å². The molecule has 0 spiro atoms. The van der Waals surface area contributed by atoms with Crippen molar-refractivity contribution in [2.24, 2.45) is 5.41 Å². The van der Waals surface area contributed by atoms with Crippen molar-refractivity contribution in [2.45, 2.75) is 59.7 Å².